The molecule has 0 saturated heterocycles. The van der Waals surface area contributed by atoms with Crippen molar-refractivity contribution in [1.29, 1.82) is 5.26 Å². The lowest BCUT2D eigenvalue weighted by Gasteiger charge is -2.06. The van der Waals surface area contributed by atoms with E-state index in [-0.39, 0.29) is 11.5 Å². The summed E-state index contributed by atoms with van der Waals surface area (Å²) in [4.78, 5) is 12.0. The van der Waals surface area contributed by atoms with E-state index in [1.165, 1.54) is 17.3 Å². The molecule has 0 unspecified atom stereocenters. The molecule has 0 atom stereocenters. The fourth-order valence-electron chi connectivity index (χ4n) is 2.28. The van der Waals surface area contributed by atoms with Crippen LogP contribution in [0.3, 0.4) is 0 Å². The highest BCUT2D eigenvalue weighted by Crippen LogP contribution is 2.04. The van der Waals surface area contributed by atoms with Crippen molar-refractivity contribution in [3.05, 3.63) is 83.1 Å². The van der Waals surface area contributed by atoms with E-state index in [1.807, 2.05) is 42.5 Å². The number of hydrogen-bond acceptors (Lipinski definition) is 3. The maximum Gasteiger partial charge on any atom is 0.263 e. The van der Waals surface area contributed by atoms with Crippen LogP contribution in [-0.4, -0.2) is 12.5 Å². The Kier molecular flexibility index (Phi) is 6.60. The highest BCUT2D eigenvalue weighted by atomic mass is 16.1. The number of nitrogens with one attached hydrogen (secondary N) is 2. The summed E-state index contributed by atoms with van der Waals surface area (Å²) in [5.74, 6) is -0.371. The summed E-state index contributed by atoms with van der Waals surface area (Å²) in [5.41, 5.74) is 3.52. The standard InChI is InChI=1S/C20H21N3O/c1-16-6-5-9-17(12-16)10-11-22-15-19(13-21)20(24)23-14-18-7-3-2-4-8-18/h2-9,12,15,22H,10-11,14H2,1H3,(H,23,24)/b19-15-. The maximum absolute atomic E-state index is 12.0. The van der Waals surface area contributed by atoms with E-state index >= 15 is 0 Å². The molecule has 122 valence electrons. The molecule has 1 amide bonds. The SMILES string of the molecule is Cc1cccc(CCN/C=C(/C#N)C(=O)NCc2ccccc2)c1. The topological polar surface area (TPSA) is 64.9 Å². The van der Waals surface area contributed by atoms with Crippen molar-refractivity contribution < 1.29 is 4.79 Å². The Labute approximate surface area is 142 Å². The van der Waals surface area contributed by atoms with E-state index in [1.54, 1.807) is 0 Å². The fourth-order valence-corrected chi connectivity index (χ4v) is 2.28. The number of aryl methyl sites for hydroxylation is 1. The van der Waals surface area contributed by atoms with Gasteiger partial charge in [0, 0.05) is 19.3 Å². The molecule has 2 aromatic rings. The van der Waals surface area contributed by atoms with Crippen molar-refractivity contribution in [2.45, 2.75) is 19.9 Å². The van der Waals surface area contributed by atoms with Gasteiger partial charge in [-0.15, -0.1) is 0 Å². The number of hydrogen-bond donors (Lipinski definition) is 2. The number of nitriles is 1. The molecule has 2 N–H and O–H groups in total. The lowest BCUT2D eigenvalue weighted by Crippen LogP contribution is -2.25. The zero-order valence-corrected chi connectivity index (χ0v) is 13.8. The largest absolute Gasteiger partial charge is 0.389 e. The number of benzene rings is 2. The Morgan fingerprint density at radius 2 is 1.88 bits per heavy atom. The molecular weight excluding hydrogens is 298 g/mol. The predicted octanol–water partition coefficient (Wildman–Crippen LogP) is 2.85. The van der Waals surface area contributed by atoms with Gasteiger partial charge in [0.15, 0.2) is 0 Å². The molecule has 0 heterocycles. The third kappa shape index (κ3) is 5.62. The smallest absolute Gasteiger partial charge is 0.263 e. The quantitative estimate of drug-likeness (QED) is 0.468. The minimum Gasteiger partial charge on any atom is -0.389 e. The first-order chi connectivity index (χ1) is 11.7. The molecule has 0 aliphatic rings. The van der Waals surface area contributed by atoms with Crippen LogP contribution in [0.5, 0.6) is 0 Å². The average Bonchev–Trinajstić information content (AvgIpc) is 2.61. The third-order valence-electron chi connectivity index (χ3n) is 3.55. The summed E-state index contributed by atoms with van der Waals surface area (Å²) in [6.45, 7) is 3.13. The van der Waals surface area contributed by atoms with Crippen LogP contribution in [0, 0.1) is 18.3 Å². The summed E-state index contributed by atoms with van der Waals surface area (Å²) < 4.78 is 0. The minimum absolute atomic E-state index is 0.0789. The second kappa shape index (κ2) is 9.16. The number of rotatable bonds is 7. The van der Waals surface area contributed by atoms with E-state index < -0.39 is 0 Å². The van der Waals surface area contributed by atoms with Crippen LogP contribution in [-0.2, 0) is 17.8 Å². The highest BCUT2D eigenvalue weighted by molar-refractivity contribution is 5.97. The second-order valence-electron chi connectivity index (χ2n) is 5.53. The molecule has 4 nitrogen and oxygen atoms in total. The van der Waals surface area contributed by atoms with Gasteiger partial charge in [-0.05, 0) is 24.5 Å². The van der Waals surface area contributed by atoms with Gasteiger partial charge >= 0.3 is 0 Å². The molecule has 0 spiro atoms. The summed E-state index contributed by atoms with van der Waals surface area (Å²) in [7, 11) is 0. The Bertz CT molecular complexity index is 745. The molecule has 0 aliphatic heterocycles. The molecule has 0 fully saturated rings. The molecule has 0 radical (unpaired) electrons. The van der Waals surface area contributed by atoms with Crippen LogP contribution >= 0.6 is 0 Å². The van der Waals surface area contributed by atoms with Crippen molar-refractivity contribution in [3.63, 3.8) is 0 Å². The van der Waals surface area contributed by atoms with Gasteiger partial charge in [-0.1, -0.05) is 60.2 Å². The van der Waals surface area contributed by atoms with Crippen LogP contribution in [0.2, 0.25) is 0 Å². The van der Waals surface area contributed by atoms with Crippen molar-refractivity contribution in [2.75, 3.05) is 6.54 Å². The van der Waals surface area contributed by atoms with Gasteiger partial charge in [-0.3, -0.25) is 4.79 Å². The zero-order chi connectivity index (χ0) is 17.2. The van der Waals surface area contributed by atoms with Gasteiger partial charge in [0.05, 0.1) is 0 Å². The van der Waals surface area contributed by atoms with Gasteiger partial charge in [0.1, 0.15) is 11.6 Å². The summed E-state index contributed by atoms with van der Waals surface area (Å²) in [5, 5.41) is 14.9. The van der Waals surface area contributed by atoms with Gasteiger partial charge < -0.3 is 10.6 Å². The summed E-state index contributed by atoms with van der Waals surface area (Å²) in [6, 6.07) is 19.8. The molecule has 24 heavy (non-hydrogen) atoms. The third-order valence-corrected chi connectivity index (χ3v) is 3.55. The fraction of sp³-hybridized carbons (Fsp3) is 0.200. The van der Waals surface area contributed by atoms with E-state index in [0.29, 0.717) is 13.1 Å². The van der Waals surface area contributed by atoms with Gasteiger partial charge in [-0.2, -0.15) is 5.26 Å². The Hall–Kier alpha value is -3.06. The normalized spacial score (nSPS) is 10.8. The second-order valence-corrected chi connectivity index (χ2v) is 5.53. The number of amides is 1. The molecule has 0 aromatic heterocycles. The summed E-state index contributed by atoms with van der Waals surface area (Å²) >= 11 is 0. The van der Waals surface area contributed by atoms with E-state index in [9.17, 15) is 4.79 Å². The van der Waals surface area contributed by atoms with Crippen LogP contribution < -0.4 is 10.6 Å². The van der Waals surface area contributed by atoms with Crippen molar-refractivity contribution >= 4 is 5.91 Å². The van der Waals surface area contributed by atoms with Crippen molar-refractivity contribution in [1.82, 2.24) is 10.6 Å². The molecule has 0 aliphatic carbocycles. The Balaban J connectivity index is 1.80. The Morgan fingerprint density at radius 1 is 1.12 bits per heavy atom. The molecule has 2 aromatic carbocycles. The molecule has 0 saturated carbocycles. The van der Waals surface area contributed by atoms with Gasteiger partial charge in [0.25, 0.3) is 5.91 Å². The average molecular weight is 319 g/mol. The van der Waals surface area contributed by atoms with E-state index in [0.717, 1.165) is 12.0 Å². The first-order valence-corrected chi connectivity index (χ1v) is 7.90. The minimum atomic E-state index is -0.371. The number of carbonyl (C=O) groups is 1. The maximum atomic E-state index is 12.0. The monoisotopic (exact) mass is 319 g/mol. The zero-order valence-electron chi connectivity index (χ0n) is 13.8. The molecule has 0 bridgehead atoms. The van der Waals surface area contributed by atoms with Crippen LogP contribution in [0.1, 0.15) is 16.7 Å². The van der Waals surface area contributed by atoms with Crippen LogP contribution in [0.4, 0.5) is 0 Å². The first-order valence-electron chi connectivity index (χ1n) is 7.90. The molecule has 2 rings (SSSR count). The van der Waals surface area contributed by atoms with E-state index in [4.69, 9.17) is 5.26 Å². The number of nitrogens with zero attached hydrogens (tertiary/aromatic N) is 1. The lowest BCUT2D eigenvalue weighted by atomic mass is 10.1. The lowest BCUT2D eigenvalue weighted by molar-refractivity contribution is -0.117. The van der Waals surface area contributed by atoms with Crippen molar-refractivity contribution in [2.24, 2.45) is 0 Å². The number of carbonyl (C=O) groups excluding carboxylic acids is 1. The van der Waals surface area contributed by atoms with Crippen LogP contribution in [0.15, 0.2) is 66.4 Å². The summed E-state index contributed by atoms with van der Waals surface area (Å²) in [6.07, 6.45) is 2.32. The predicted molar refractivity (Wildman–Crippen MR) is 94.9 cm³/mol. The van der Waals surface area contributed by atoms with Crippen molar-refractivity contribution in [3.8, 4) is 6.07 Å². The Morgan fingerprint density at radius 3 is 2.58 bits per heavy atom. The van der Waals surface area contributed by atoms with Crippen LogP contribution in [0.25, 0.3) is 0 Å². The first kappa shape index (κ1) is 17.3. The molecular formula is C20H21N3O. The highest BCUT2D eigenvalue weighted by Gasteiger charge is 2.07. The molecule has 4 heteroatoms. The van der Waals surface area contributed by atoms with Gasteiger partial charge in [-0.25, -0.2) is 0 Å². The van der Waals surface area contributed by atoms with Gasteiger partial charge in [0.2, 0.25) is 0 Å². The van der Waals surface area contributed by atoms with E-state index in [2.05, 4.69) is 35.8 Å².